The van der Waals surface area contributed by atoms with Crippen LogP contribution in [-0.4, -0.2) is 11.1 Å². The van der Waals surface area contributed by atoms with Gasteiger partial charge in [-0.2, -0.15) is 5.26 Å². The van der Waals surface area contributed by atoms with Crippen LogP contribution < -0.4 is 0 Å². The molecule has 0 spiro atoms. The number of carbonyl (C=O) groups is 1. The Labute approximate surface area is 119 Å². The molecule has 0 saturated heterocycles. The van der Waals surface area contributed by atoms with Gasteiger partial charge in [-0.25, -0.2) is 4.79 Å². The van der Waals surface area contributed by atoms with Crippen LogP contribution in [0.1, 0.15) is 15.9 Å². The number of aromatic carboxylic acids is 1. The van der Waals surface area contributed by atoms with Crippen LogP contribution in [0.4, 0.5) is 0 Å². The Balaban J connectivity index is 2.19. The van der Waals surface area contributed by atoms with E-state index >= 15 is 0 Å². The summed E-state index contributed by atoms with van der Waals surface area (Å²) in [6.07, 6.45) is 0. The minimum Gasteiger partial charge on any atom is -0.478 e. The third kappa shape index (κ3) is 3.28. The van der Waals surface area contributed by atoms with Gasteiger partial charge in [-0.05, 0) is 42.5 Å². The van der Waals surface area contributed by atoms with E-state index in [0.29, 0.717) is 10.6 Å². The van der Waals surface area contributed by atoms with Crippen LogP contribution in [0.5, 0.6) is 0 Å². The van der Waals surface area contributed by atoms with Gasteiger partial charge in [-0.3, -0.25) is 0 Å². The minimum absolute atomic E-state index is 0.252. The second-order valence-electron chi connectivity index (χ2n) is 3.69. The molecular formula is C14H8ClNO2S. The maximum Gasteiger partial charge on any atom is 0.335 e. The Morgan fingerprint density at radius 3 is 2.32 bits per heavy atom. The number of nitrogens with zero attached hydrogens (tertiary/aromatic N) is 1. The smallest absolute Gasteiger partial charge is 0.335 e. The molecule has 0 aliphatic rings. The van der Waals surface area contributed by atoms with Crippen LogP contribution in [0.25, 0.3) is 0 Å². The van der Waals surface area contributed by atoms with E-state index in [9.17, 15) is 4.79 Å². The van der Waals surface area contributed by atoms with Gasteiger partial charge in [0.05, 0.1) is 16.1 Å². The van der Waals surface area contributed by atoms with Crippen molar-refractivity contribution in [3.05, 3.63) is 58.6 Å². The number of benzene rings is 2. The molecule has 0 amide bonds. The lowest BCUT2D eigenvalue weighted by Crippen LogP contribution is -1.94. The standard InChI is InChI=1S/C14H8ClNO2S/c15-13-7-12(6-3-10(13)8-16)19-11-4-1-9(2-5-11)14(17)18/h1-7H,(H,17,18). The highest BCUT2D eigenvalue weighted by molar-refractivity contribution is 7.99. The van der Waals surface area contributed by atoms with E-state index in [2.05, 4.69) is 0 Å². The van der Waals surface area contributed by atoms with E-state index in [1.807, 2.05) is 6.07 Å². The summed E-state index contributed by atoms with van der Waals surface area (Å²) in [6, 6.07) is 13.8. The van der Waals surface area contributed by atoms with Gasteiger partial charge in [0.1, 0.15) is 6.07 Å². The van der Waals surface area contributed by atoms with Gasteiger partial charge in [0.15, 0.2) is 0 Å². The Kier molecular flexibility index (Phi) is 4.10. The maximum atomic E-state index is 10.7. The second-order valence-corrected chi connectivity index (χ2v) is 5.24. The van der Waals surface area contributed by atoms with Crippen LogP contribution in [0.3, 0.4) is 0 Å². The fourth-order valence-electron chi connectivity index (χ4n) is 1.45. The molecule has 0 unspecified atom stereocenters. The Morgan fingerprint density at radius 1 is 1.16 bits per heavy atom. The van der Waals surface area contributed by atoms with Gasteiger partial charge in [0.2, 0.25) is 0 Å². The fraction of sp³-hybridized carbons (Fsp3) is 0. The van der Waals surface area contributed by atoms with Crippen LogP contribution in [0.15, 0.2) is 52.3 Å². The summed E-state index contributed by atoms with van der Waals surface area (Å²) in [6.45, 7) is 0. The molecule has 0 aliphatic carbocycles. The number of hydrogen-bond acceptors (Lipinski definition) is 3. The first-order valence-corrected chi connectivity index (χ1v) is 6.50. The van der Waals surface area contributed by atoms with E-state index in [1.165, 1.54) is 11.8 Å². The Hall–Kier alpha value is -1.96. The zero-order chi connectivity index (χ0) is 13.8. The average Bonchev–Trinajstić information content (AvgIpc) is 2.39. The van der Waals surface area contributed by atoms with Crippen molar-refractivity contribution in [2.45, 2.75) is 9.79 Å². The van der Waals surface area contributed by atoms with Crippen molar-refractivity contribution in [2.75, 3.05) is 0 Å². The summed E-state index contributed by atoms with van der Waals surface area (Å²) in [5, 5.41) is 18.0. The Morgan fingerprint density at radius 2 is 1.79 bits per heavy atom. The SMILES string of the molecule is N#Cc1ccc(Sc2ccc(C(=O)O)cc2)cc1Cl. The number of nitriles is 1. The van der Waals surface area contributed by atoms with Gasteiger partial charge in [0.25, 0.3) is 0 Å². The largest absolute Gasteiger partial charge is 0.478 e. The van der Waals surface area contributed by atoms with E-state index in [-0.39, 0.29) is 5.56 Å². The number of rotatable bonds is 3. The van der Waals surface area contributed by atoms with Gasteiger partial charge in [-0.15, -0.1) is 0 Å². The van der Waals surface area contributed by atoms with Crippen LogP contribution in [0.2, 0.25) is 5.02 Å². The first-order valence-electron chi connectivity index (χ1n) is 5.31. The van der Waals surface area contributed by atoms with Crippen molar-refractivity contribution in [3.8, 4) is 6.07 Å². The number of carboxylic acid groups (broad SMARTS) is 1. The van der Waals surface area contributed by atoms with Crippen molar-refractivity contribution < 1.29 is 9.90 Å². The molecule has 0 bridgehead atoms. The predicted octanol–water partition coefficient (Wildman–Crippen LogP) is 4.06. The third-order valence-electron chi connectivity index (χ3n) is 2.40. The monoisotopic (exact) mass is 289 g/mol. The lowest BCUT2D eigenvalue weighted by atomic mass is 10.2. The summed E-state index contributed by atoms with van der Waals surface area (Å²) in [7, 11) is 0. The van der Waals surface area contributed by atoms with Gasteiger partial charge in [-0.1, -0.05) is 23.4 Å². The third-order valence-corrected chi connectivity index (χ3v) is 3.71. The molecule has 1 N–H and O–H groups in total. The topological polar surface area (TPSA) is 61.1 Å². The highest BCUT2D eigenvalue weighted by Gasteiger charge is 2.05. The first-order chi connectivity index (χ1) is 9.10. The number of halogens is 1. The molecular weight excluding hydrogens is 282 g/mol. The van der Waals surface area contributed by atoms with Crippen LogP contribution >= 0.6 is 23.4 Å². The van der Waals surface area contributed by atoms with Crippen molar-refractivity contribution in [1.29, 1.82) is 5.26 Å². The molecule has 0 aromatic heterocycles. The zero-order valence-corrected chi connectivity index (χ0v) is 11.2. The van der Waals surface area contributed by atoms with E-state index in [0.717, 1.165) is 9.79 Å². The molecule has 2 aromatic carbocycles. The molecule has 94 valence electrons. The van der Waals surface area contributed by atoms with Gasteiger partial charge >= 0.3 is 5.97 Å². The number of hydrogen-bond donors (Lipinski definition) is 1. The van der Waals surface area contributed by atoms with E-state index in [1.54, 1.807) is 42.5 Å². The minimum atomic E-state index is -0.946. The van der Waals surface area contributed by atoms with E-state index in [4.69, 9.17) is 22.0 Å². The summed E-state index contributed by atoms with van der Waals surface area (Å²) in [5.74, 6) is -0.946. The van der Waals surface area contributed by atoms with Crippen molar-refractivity contribution >= 4 is 29.3 Å². The summed E-state index contributed by atoms with van der Waals surface area (Å²) in [4.78, 5) is 12.5. The normalized spacial score (nSPS) is 9.89. The zero-order valence-electron chi connectivity index (χ0n) is 9.63. The average molecular weight is 290 g/mol. The molecule has 0 atom stereocenters. The highest BCUT2D eigenvalue weighted by atomic mass is 35.5. The first kappa shape index (κ1) is 13.5. The molecule has 5 heteroatoms. The second kappa shape index (κ2) is 5.79. The van der Waals surface area contributed by atoms with Crippen molar-refractivity contribution in [3.63, 3.8) is 0 Å². The van der Waals surface area contributed by atoms with Crippen molar-refractivity contribution in [1.82, 2.24) is 0 Å². The summed E-state index contributed by atoms with van der Waals surface area (Å²) in [5.41, 5.74) is 0.689. The Bertz CT molecular complexity index is 662. The summed E-state index contributed by atoms with van der Waals surface area (Å²) >= 11 is 7.40. The summed E-state index contributed by atoms with van der Waals surface area (Å²) < 4.78 is 0. The van der Waals surface area contributed by atoms with E-state index < -0.39 is 5.97 Å². The highest BCUT2D eigenvalue weighted by Crippen LogP contribution is 2.30. The molecule has 2 rings (SSSR count). The predicted molar refractivity (Wildman–Crippen MR) is 73.7 cm³/mol. The quantitative estimate of drug-likeness (QED) is 0.925. The lowest BCUT2D eigenvalue weighted by Gasteiger charge is -2.03. The fourth-order valence-corrected chi connectivity index (χ4v) is 2.60. The molecule has 2 aromatic rings. The number of carboxylic acids is 1. The molecule has 0 aliphatic heterocycles. The molecule has 3 nitrogen and oxygen atoms in total. The molecule has 0 radical (unpaired) electrons. The molecule has 0 fully saturated rings. The molecule has 0 saturated carbocycles. The molecule has 19 heavy (non-hydrogen) atoms. The van der Waals surface area contributed by atoms with Gasteiger partial charge < -0.3 is 5.11 Å². The lowest BCUT2D eigenvalue weighted by molar-refractivity contribution is 0.0697. The maximum absolute atomic E-state index is 10.7. The molecule has 0 heterocycles. The van der Waals surface area contributed by atoms with Crippen molar-refractivity contribution in [2.24, 2.45) is 0 Å². The van der Waals surface area contributed by atoms with Crippen LogP contribution in [-0.2, 0) is 0 Å². The van der Waals surface area contributed by atoms with Crippen LogP contribution in [0, 0.1) is 11.3 Å². The van der Waals surface area contributed by atoms with Gasteiger partial charge in [0, 0.05) is 9.79 Å².